The molecule has 6 nitrogen and oxygen atoms in total. The molecule has 0 radical (unpaired) electrons. The average molecular weight is 318 g/mol. The number of hydrogen-bond donors (Lipinski definition) is 2. The Morgan fingerprint density at radius 3 is 3.00 bits per heavy atom. The van der Waals surface area contributed by atoms with Crippen molar-refractivity contribution in [3.63, 3.8) is 0 Å². The number of phenolic OH excluding ortho intramolecular Hbond substituents is 1. The van der Waals surface area contributed by atoms with Gasteiger partial charge in [0.05, 0.1) is 29.5 Å². The Bertz CT molecular complexity index is 678. The molecule has 1 aliphatic heterocycles. The minimum absolute atomic E-state index is 0.00402. The van der Waals surface area contributed by atoms with Gasteiger partial charge in [-0.15, -0.1) is 0 Å². The summed E-state index contributed by atoms with van der Waals surface area (Å²) >= 11 is 1.06. The number of ether oxygens (including phenoxy) is 1. The summed E-state index contributed by atoms with van der Waals surface area (Å²) in [5.74, 6) is -1.04. The highest BCUT2D eigenvalue weighted by Crippen LogP contribution is 2.36. The standard InChI is InChI=1S/C15H14N2O4S/c1-21-14(20)8-22-15-12(7-16)11(6-13(19)17-15)9-3-2-4-10(18)5-9/h2-5,11,18H,6,8H2,1H3,(H,17,19)/t11-/m0/s1. The number of phenols is 1. The number of esters is 1. The van der Waals surface area contributed by atoms with Gasteiger partial charge in [0.1, 0.15) is 5.75 Å². The summed E-state index contributed by atoms with van der Waals surface area (Å²) in [7, 11) is 1.28. The molecule has 0 aromatic heterocycles. The van der Waals surface area contributed by atoms with Crippen LogP contribution >= 0.6 is 11.8 Å². The molecule has 0 saturated carbocycles. The van der Waals surface area contributed by atoms with Gasteiger partial charge in [0.15, 0.2) is 0 Å². The largest absolute Gasteiger partial charge is 0.508 e. The van der Waals surface area contributed by atoms with Gasteiger partial charge in [-0.05, 0) is 17.7 Å². The SMILES string of the molecule is COC(=O)CSC1=C(C#N)[C@H](c2cccc(O)c2)CC(=O)N1. The van der Waals surface area contributed by atoms with Gasteiger partial charge < -0.3 is 15.2 Å². The van der Waals surface area contributed by atoms with Crippen molar-refractivity contribution < 1.29 is 19.4 Å². The fourth-order valence-electron chi connectivity index (χ4n) is 2.15. The molecule has 1 aromatic rings. The maximum absolute atomic E-state index is 11.9. The van der Waals surface area contributed by atoms with Crippen molar-refractivity contribution in [3.05, 3.63) is 40.4 Å². The van der Waals surface area contributed by atoms with E-state index in [-0.39, 0.29) is 23.8 Å². The van der Waals surface area contributed by atoms with Crippen LogP contribution in [-0.4, -0.2) is 29.8 Å². The van der Waals surface area contributed by atoms with Crippen molar-refractivity contribution in [2.45, 2.75) is 12.3 Å². The van der Waals surface area contributed by atoms with Gasteiger partial charge in [0.25, 0.3) is 0 Å². The van der Waals surface area contributed by atoms with E-state index in [1.54, 1.807) is 12.1 Å². The van der Waals surface area contributed by atoms with Crippen molar-refractivity contribution >= 4 is 23.6 Å². The van der Waals surface area contributed by atoms with E-state index in [2.05, 4.69) is 16.1 Å². The second kappa shape index (κ2) is 7.00. The number of rotatable bonds is 4. The molecule has 0 saturated heterocycles. The topological polar surface area (TPSA) is 99.4 Å². The second-order valence-electron chi connectivity index (χ2n) is 4.62. The monoisotopic (exact) mass is 318 g/mol. The Hall–Kier alpha value is -2.46. The van der Waals surface area contributed by atoms with E-state index >= 15 is 0 Å². The van der Waals surface area contributed by atoms with E-state index in [9.17, 15) is 20.0 Å². The summed E-state index contributed by atoms with van der Waals surface area (Å²) < 4.78 is 4.55. The number of benzene rings is 1. The highest BCUT2D eigenvalue weighted by molar-refractivity contribution is 8.03. The third kappa shape index (κ3) is 3.59. The molecule has 0 fully saturated rings. The Balaban J connectivity index is 2.34. The minimum atomic E-state index is -0.441. The number of methoxy groups -OCH3 is 1. The first-order valence-electron chi connectivity index (χ1n) is 6.47. The van der Waals surface area contributed by atoms with Crippen molar-refractivity contribution in [2.75, 3.05) is 12.9 Å². The second-order valence-corrected chi connectivity index (χ2v) is 5.60. The first-order valence-corrected chi connectivity index (χ1v) is 7.46. The molecule has 1 heterocycles. The van der Waals surface area contributed by atoms with Crippen LogP contribution in [0.1, 0.15) is 17.9 Å². The van der Waals surface area contributed by atoms with Crippen molar-refractivity contribution in [1.82, 2.24) is 5.32 Å². The molecule has 0 bridgehead atoms. The van der Waals surface area contributed by atoms with E-state index < -0.39 is 11.9 Å². The van der Waals surface area contributed by atoms with Gasteiger partial charge >= 0.3 is 5.97 Å². The van der Waals surface area contributed by atoms with Gasteiger partial charge in [0, 0.05) is 12.3 Å². The molecular weight excluding hydrogens is 304 g/mol. The third-order valence-corrected chi connectivity index (χ3v) is 4.18. The predicted octanol–water partition coefficient (Wildman–Crippen LogP) is 1.64. The summed E-state index contributed by atoms with van der Waals surface area (Å²) in [5.41, 5.74) is 1.06. The Morgan fingerprint density at radius 1 is 1.59 bits per heavy atom. The number of nitriles is 1. The number of amides is 1. The summed E-state index contributed by atoms with van der Waals surface area (Å²) in [4.78, 5) is 23.1. The van der Waals surface area contributed by atoms with E-state index in [1.807, 2.05) is 0 Å². The summed E-state index contributed by atoms with van der Waals surface area (Å²) in [5, 5.41) is 22.0. The number of nitrogens with zero attached hydrogens (tertiary/aromatic N) is 1. The number of nitrogens with one attached hydrogen (secondary N) is 1. The normalized spacial score (nSPS) is 17.6. The molecule has 1 atom stereocenters. The van der Waals surface area contributed by atoms with Crippen LogP contribution < -0.4 is 5.32 Å². The molecule has 2 rings (SSSR count). The van der Waals surface area contributed by atoms with E-state index in [0.29, 0.717) is 16.2 Å². The molecule has 0 spiro atoms. The predicted molar refractivity (Wildman–Crippen MR) is 80.7 cm³/mol. The highest BCUT2D eigenvalue weighted by Gasteiger charge is 2.30. The minimum Gasteiger partial charge on any atom is -0.508 e. The maximum atomic E-state index is 11.9. The van der Waals surface area contributed by atoms with Crippen molar-refractivity contribution in [3.8, 4) is 11.8 Å². The number of carbonyl (C=O) groups excluding carboxylic acids is 2. The lowest BCUT2D eigenvalue weighted by Crippen LogP contribution is -2.31. The van der Waals surface area contributed by atoms with Crippen LogP contribution in [0.4, 0.5) is 0 Å². The van der Waals surface area contributed by atoms with Crippen LogP contribution in [0, 0.1) is 11.3 Å². The molecule has 2 N–H and O–H groups in total. The molecule has 0 aliphatic carbocycles. The first kappa shape index (κ1) is 15.9. The van der Waals surface area contributed by atoms with E-state index in [0.717, 1.165) is 11.8 Å². The highest BCUT2D eigenvalue weighted by atomic mass is 32.2. The zero-order valence-corrected chi connectivity index (χ0v) is 12.6. The molecule has 1 aliphatic rings. The lowest BCUT2D eigenvalue weighted by atomic mass is 9.87. The summed E-state index contributed by atoms with van der Waals surface area (Å²) in [6, 6.07) is 8.56. The molecule has 1 aromatic carbocycles. The zero-order chi connectivity index (χ0) is 16.1. The number of carbonyl (C=O) groups is 2. The van der Waals surface area contributed by atoms with Crippen LogP contribution in [0.15, 0.2) is 34.9 Å². The smallest absolute Gasteiger partial charge is 0.316 e. The Kier molecular flexibility index (Phi) is 5.07. The first-order chi connectivity index (χ1) is 10.5. The lowest BCUT2D eigenvalue weighted by Gasteiger charge is -2.25. The third-order valence-electron chi connectivity index (χ3n) is 3.19. The van der Waals surface area contributed by atoms with Crippen LogP contribution in [0.3, 0.4) is 0 Å². The van der Waals surface area contributed by atoms with Gasteiger partial charge in [-0.3, -0.25) is 9.59 Å². The molecule has 7 heteroatoms. The van der Waals surface area contributed by atoms with Crippen LogP contribution in [0.25, 0.3) is 0 Å². The number of aromatic hydroxyl groups is 1. The Labute approximate surface area is 131 Å². The summed E-state index contributed by atoms with van der Waals surface area (Å²) in [6.45, 7) is 0. The van der Waals surface area contributed by atoms with Crippen LogP contribution in [0.5, 0.6) is 5.75 Å². The fraction of sp³-hybridized carbons (Fsp3) is 0.267. The van der Waals surface area contributed by atoms with E-state index in [1.165, 1.54) is 19.2 Å². The number of thioether (sulfide) groups is 1. The summed E-state index contributed by atoms with van der Waals surface area (Å²) in [6.07, 6.45) is 0.120. The van der Waals surface area contributed by atoms with Gasteiger partial charge in [-0.25, -0.2) is 0 Å². The fourth-order valence-corrected chi connectivity index (χ4v) is 3.06. The van der Waals surface area contributed by atoms with Crippen LogP contribution in [0.2, 0.25) is 0 Å². The van der Waals surface area contributed by atoms with Crippen LogP contribution in [-0.2, 0) is 14.3 Å². The molecule has 0 unspecified atom stereocenters. The van der Waals surface area contributed by atoms with Crippen molar-refractivity contribution in [1.29, 1.82) is 5.26 Å². The van der Waals surface area contributed by atoms with Gasteiger partial charge in [0.2, 0.25) is 5.91 Å². The van der Waals surface area contributed by atoms with E-state index in [4.69, 9.17) is 0 Å². The zero-order valence-electron chi connectivity index (χ0n) is 11.8. The molecule has 1 amide bonds. The molecular formula is C15H14N2O4S. The average Bonchev–Trinajstić information content (AvgIpc) is 2.51. The quantitative estimate of drug-likeness (QED) is 0.819. The van der Waals surface area contributed by atoms with Crippen molar-refractivity contribution in [2.24, 2.45) is 0 Å². The maximum Gasteiger partial charge on any atom is 0.316 e. The van der Waals surface area contributed by atoms with Gasteiger partial charge in [-0.2, -0.15) is 5.26 Å². The number of allylic oxidation sites excluding steroid dienone is 1. The molecule has 114 valence electrons. The lowest BCUT2D eigenvalue weighted by molar-refractivity contribution is -0.137. The van der Waals surface area contributed by atoms with Gasteiger partial charge in [-0.1, -0.05) is 23.9 Å². The Morgan fingerprint density at radius 2 is 2.36 bits per heavy atom. The molecule has 22 heavy (non-hydrogen) atoms. The number of hydrogen-bond acceptors (Lipinski definition) is 6.